The summed E-state index contributed by atoms with van der Waals surface area (Å²) in [7, 11) is 1.70. The van der Waals surface area contributed by atoms with E-state index in [1.54, 1.807) is 56.6 Å². The molecule has 0 aliphatic rings. The van der Waals surface area contributed by atoms with Gasteiger partial charge in [-0.1, -0.05) is 0 Å². The third-order valence-corrected chi connectivity index (χ3v) is 3.90. The standard InChI is InChI=1S/C19H17N3O5/c1-13-11-15(5-7-17(13)22(24)25)26-12-16-4-3-14(27-16)6-8-19(23)18-9-10-20-21(18)2/h3-11H,12H2,1-2H3/b8-6+. The lowest BCUT2D eigenvalue weighted by Gasteiger charge is -2.05. The van der Waals surface area contributed by atoms with Crippen LogP contribution in [-0.4, -0.2) is 20.5 Å². The highest BCUT2D eigenvalue weighted by Gasteiger charge is 2.11. The minimum Gasteiger partial charge on any atom is -0.486 e. The minimum absolute atomic E-state index is 0.0471. The monoisotopic (exact) mass is 367 g/mol. The molecule has 0 bridgehead atoms. The second kappa shape index (κ2) is 7.69. The van der Waals surface area contributed by atoms with E-state index in [9.17, 15) is 14.9 Å². The van der Waals surface area contributed by atoms with Crippen LogP contribution in [0.4, 0.5) is 5.69 Å². The molecule has 3 aromatic rings. The number of rotatable bonds is 7. The van der Waals surface area contributed by atoms with E-state index in [4.69, 9.17) is 9.15 Å². The number of ketones is 1. The van der Waals surface area contributed by atoms with Gasteiger partial charge in [-0.2, -0.15) is 5.10 Å². The summed E-state index contributed by atoms with van der Waals surface area (Å²) in [5.74, 6) is 1.42. The minimum atomic E-state index is -0.433. The summed E-state index contributed by atoms with van der Waals surface area (Å²) >= 11 is 0. The van der Waals surface area contributed by atoms with Gasteiger partial charge in [0.2, 0.25) is 5.78 Å². The highest BCUT2D eigenvalue weighted by atomic mass is 16.6. The van der Waals surface area contributed by atoms with Gasteiger partial charge >= 0.3 is 0 Å². The largest absolute Gasteiger partial charge is 0.486 e. The summed E-state index contributed by atoms with van der Waals surface area (Å²) in [5, 5.41) is 14.8. The number of furan rings is 1. The van der Waals surface area contributed by atoms with Crippen molar-refractivity contribution < 1.29 is 18.9 Å². The highest BCUT2D eigenvalue weighted by Crippen LogP contribution is 2.24. The fourth-order valence-corrected chi connectivity index (χ4v) is 2.50. The Morgan fingerprint density at radius 3 is 2.81 bits per heavy atom. The van der Waals surface area contributed by atoms with Crippen LogP contribution in [0.5, 0.6) is 5.75 Å². The zero-order valence-electron chi connectivity index (χ0n) is 14.8. The van der Waals surface area contributed by atoms with Gasteiger partial charge < -0.3 is 9.15 Å². The van der Waals surface area contributed by atoms with Crippen LogP contribution in [0.25, 0.3) is 6.08 Å². The molecule has 2 aromatic heterocycles. The summed E-state index contributed by atoms with van der Waals surface area (Å²) in [4.78, 5) is 22.5. The van der Waals surface area contributed by atoms with Crippen LogP contribution in [0.3, 0.4) is 0 Å². The smallest absolute Gasteiger partial charge is 0.272 e. The Morgan fingerprint density at radius 2 is 2.15 bits per heavy atom. The molecule has 0 aliphatic heterocycles. The lowest BCUT2D eigenvalue weighted by Crippen LogP contribution is -2.03. The van der Waals surface area contributed by atoms with Crippen LogP contribution in [0.2, 0.25) is 0 Å². The SMILES string of the molecule is Cc1cc(OCc2ccc(/C=C/C(=O)c3ccnn3C)o2)ccc1[N+](=O)[O-]. The third-order valence-electron chi connectivity index (χ3n) is 3.90. The van der Waals surface area contributed by atoms with Crippen LogP contribution >= 0.6 is 0 Å². The summed E-state index contributed by atoms with van der Waals surface area (Å²) < 4.78 is 12.7. The molecule has 0 radical (unpaired) electrons. The van der Waals surface area contributed by atoms with Gasteiger partial charge in [0.05, 0.1) is 4.92 Å². The van der Waals surface area contributed by atoms with E-state index in [1.165, 1.54) is 16.8 Å². The average molecular weight is 367 g/mol. The van der Waals surface area contributed by atoms with Crippen LogP contribution in [-0.2, 0) is 13.7 Å². The van der Waals surface area contributed by atoms with Gasteiger partial charge in [-0.3, -0.25) is 19.6 Å². The van der Waals surface area contributed by atoms with E-state index >= 15 is 0 Å². The first-order chi connectivity index (χ1) is 12.9. The zero-order chi connectivity index (χ0) is 19.4. The fourth-order valence-electron chi connectivity index (χ4n) is 2.50. The Morgan fingerprint density at radius 1 is 1.33 bits per heavy atom. The predicted octanol–water partition coefficient (Wildman–Crippen LogP) is 3.70. The van der Waals surface area contributed by atoms with E-state index in [0.717, 1.165) is 0 Å². The number of aromatic nitrogens is 2. The number of benzene rings is 1. The maximum absolute atomic E-state index is 12.1. The molecule has 0 atom stereocenters. The molecule has 0 saturated heterocycles. The molecular formula is C19H17N3O5. The van der Waals surface area contributed by atoms with Crippen molar-refractivity contribution in [3.8, 4) is 5.75 Å². The lowest BCUT2D eigenvalue weighted by atomic mass is 10.2. The molecule has 1 aromatic carbocycles. The Kier molecular flexibility index (Phi) is 5.16. The zero-order valence-corrected chi connectivity index (χ0v) is 14.8. The highest BCUT2D eigenvalue weighted by molar-refractivity contribution is 6.05. The van der Waals surface area contributed by atoms with E-state index in [2.05, 4.69) is 5.10 Å². The van der Waals surface area contributed by atoms with Gasteiger partial charge in [0.15, 0.2) is 0 Å². The van der Waals surface area contributed by atoms with Gasteiger partial charge in [-0.15, -0.1) is 0 Å². The van der Waals surface area contributed by atoms with Crippen molar-refractivity contribution in [2.24, 2.45) is 7.05 Å². The van der Waals surface area contributed by atoms with Gasteiger partial charge in [0, 0.05) is 24.9 Å². The molecule has 0 unspecified atom stereocenters. The molecule has 0 saturated carbocycles. The summed E-state index contributed by atoms with van der Waals surface area (Å²) in [6, 6.07) is 9.67. The van der Waals surface area contributed by atoms with E-state index in [0.29, 0.717) is 28.5 Å². The van der Waals surface area contributed by atoms with Crippen molar-refractivity contribution in [2.45, 2.75) is 13.5 Å². The average Bonchev–Trinajstić information content (AvgIpc) is 3.26. The van der Waals surface area contributed by atoms with E-state index in [-0.39, 0.29) is 18.1 Å². The molecular weight excluding hydrogens is 350 g/mol. The van der Waals surface area contributed by atoms with E-state index < -0.39 is 4.92 Å². The molecule has 0 fully saturated rings. The first-order valence-corrected chi connectivity index (χ1v) is 8.11. The van der Waals surface area contributed by atoms with Gasteiger partial charge in [-0.05, 0) is 49.4 Å². The Bertz CT molecular complexity index is 1020. The van der Waals surface area contributed by atoms with Crippen molar-refractivity contribution in [1.29, 1.82) is 0 Å². The first kappa shape index (κ1) is 18.1. The molecule has 3 rings (SSSR count). The number of carbonyl (C=O) groups is 1. The molecule has 138 valence electrons. The molecule has 0 aliphatic carbocycles. The van der Waals surface area contributed by atoms with Crippen LogP contribution in [0, 0.1) is 17.0 Å². The molecule has 27 heavy (non-hydrogen) atoms. The number of aryl methyl sites for hydroxylation is 2. The number of hydrogen-bond donors (Lipinski definition) is 0. The Labute approximate surface area is 154 Å². The maximum atomic E-state index is 12.1. The van der Waals surface area contributed by atoms with Crippen LogP contribution in [0.1, 0.15) is 27.6 Å². The number of nitro groups is 1. The van der Waals surface area contributed by atoms with Crippen molar-refractivity contribution in [2.75, 3.05) is 0 Å². The number of allylic oxidation sites excluding steroid dienone is 1. The normalized spacial score (nSPS) is 11.0. The van der Waals surface area contributed by atoms with Crippen molar-refractivity contribution in [3.05, 3.63) is 81.6 Å². The number of nitrogens with zero attached hydrogens (tertiary/aromatic N) is 3. The van der Waals surface area contributed by atoms with Crippen LogP contribution < -0.4 is 4.74 Å². The Balaban J connectivity index is 1.60. The van der Waals surface area contributed by atoms with Gasteiger partial charge in [0.1, 0.15) is 29.6 Å². The number of hydrogen-bond acceptors (Lipinski definition) is 6. The number of carbonyl (C=O) groups excluding carboxylic acids is 1. The van der Waals surface area contributed by atoms with Crippen LogP contribution in [0.15, 0.2) is 53.1 Å². The second-order valence-electron chi connectivity index (χ2n) is 5.84. The first-order valence-electron chi connectivity index (χ1n) is 8.11. The molecule has 0 amide bonds. The molecule has 8 nitrogen and oxygen atoms in total. The topological polar surface area (TPSA) is 100 Å². The van der Waals surface area contributed by atoms with Crippen molar-refractivity contribution in [3.63, 3.8) is 0 Å². The molecule has 0 N–H and O–H groups in total. The fraction of sp³-hybridized carbons (Fsp3) is 0.158. The Hall–Kier alpha value is -3.68. The number of nitro benzene ring substituents is 1. The third kappa shape index (κ3) is 4.30. The number of ether oxygens (including phenoxy) is 1. The van der Waals surface area contributed by atoms with Crippen molar-refractivity contribution >= 4 is 17.5 Å². The lowest BCUT2D eigenvalue weighted by molar-refractivity contribution is -0.385. The molecule has 8 heteroatoms. The second-order valence-corrected chi connectivity index (χ2v) is 5.84. The molecule has 2 heterocycles. The quantitative estimate of drug-likeness (QED) is 0.273. The van der Waals surface area contributed by atoms with Gasteiger partial charge in [0.25, 0.3) is 5.69 Å². The summed E-state index contributed by atoms with van der Waals surface area (Å²) in [6.07, 6.45) is 4.55. The van der Waals surface area contributed by atoms with E-state index in [1.807, 2.05) is 0 Å². The summed E-state index contributed by atoms with van der Waals surface area (Å²) in [6.45, 7) is 1.82. The maximum Gasteiger partial charge on any atom is 0.272 e. The molecule has 0 spiro atoms. The predicted molar refractivity (Wildman–Crippen MR) is 97.4 cm³/mol. The summed E-state index contributed by atoms with van der Waals surface area (Å²) in [5.41, 5.74) is 1.05. The van der Waals surface area contributed by atoms with Crippen molar-refractivity contribution in [1.82, 2.24) is 9.78 Å². The van der Waals surface area contributed by atoms with Gasteiger partial charge in [-0.25, -0.2) is 0 Å².